The van der Waals surface area contributed by atoms with E-state index in [-0.39, 0.29) is 11.4 Å². The number of nitro groups is 1. The van der Waals surface area contributed by atoms with Gasteiger partial charge in [-0.3, -0.25) is 10.1 Å². The standard InChI is InChI=1S/C15H14N4O4/c1-22-11-2-4-12(5-3-11)23-9-8-17-15-7-6-14(19(20)21)13(10-16)18-15/h2-7H,8-9H2,1H3,(H,17,18). The average molecular weight is 314 g/mol. The van der Waals surface area contributed by atoms with Crippen molar-refractivity contribution in [3.63, 3.8) is 0 Å². The maximum atomic E-state index is 10.7. The van der Waals surface area contributed by atoms with Crippen LogP contribution < -0.4 is 14.8 Å². The number of anilines is 1. The first-order valence-corrected chi connectivity index (χ1v) is 6.70. The first-order valence-electron chi connectivity index (χ1n) is 6.70. The van der Waals surface area contributed by atoms with Gasteiger partial charge in [-0.15, -0.1) is 0 Å². The Balaban J connectivity index is 1.86. The van der Waals surface area contributed by atoms with Crippen LogP contribution in [0.25, 0.3) is 0 Å². The number of hydrogen-bond acceptors (Lipinski definition) is 7. The number of hydrogen-bond donors (Lipinski definition) is 1. The molecule has 1 aromatic carbocycles. The number of nitriles is 1. The molecule has 0 atom stereocenters. The van der Waals surface area contributed by atoms with Crippen molar-refractivity contribution in [3.05, 3.63) is 52.2 Å². The Morgan fingerprint density at radius 2 is 1.96 bits per heavy atom. The minimum absolute atomic E-state index is 0.226. The highest BCUT2D eigenvalue weighted by molar-refractivity contribution is 5.50. The van der Waals surface area contributed by atoms with E-state index in [1.54, 1.807) is 37.4 Å². The molecule has 2 rings (SSSR count). The van der Waals surface area contributed by atoms with E-state index in [2.05, 4.69) is 10.3 Å². The zero-order valence-corrected chi connectivity index (χ0v) is 12.4. The van der Waals surface area contributed by atoms with E-state index in [9.17, 15) is 10.1 Å². The number of benzene rings is 1. The predicted octanol–water partition coefficient (Wildman–Crippen LogP) is 2.36. The normalized spacial score (nSPS) is 9.74. The minimum atomic E-state index is -0.637. The highest BCUT2D eigenvalue weighted by atomic mass is 16.6. The van der Waals surface area contributed by atoms with Gasteiger partial charge in [-0.05, 0) is 30.3 Å². The Morgan fingerprint density at radius 3 is 2.57 bits per heavy atom. The Morgan fingerprint density at radius 1 is 1.26 bits per heavy atom. The van der Waals surface area contributed by atoms with Crippen LogP contribution >= 0.6 is 0 Å². The highest BCUT2D eigenvalue weighted by Gasteiger charge is 2.15. The molecule has 0 aliphatic rings. The van der Waals surface area contributed by atoms with Gasteiger partial charge >= 0.3 is 5.69 Å². The molecule has 0 saturated heterocycles. The molecule has 0 amide bonds. The summed E-state index contributed by atoms with van der Waals surface area (Å²) in [4.78, 5) is 14.0. The molecule has 0 unspecified atom stereocenters. The van der Waals surface area contributed by atoms with Gasteiger partial charge in [0.25, 0.3) is 0 Å². The smallest absolute Gasteiger partial charge is 0.305 e. The minimum Gasteiger partial charge on any atom is -0.497 e. The molecule has 23 heavy (non-hydrogen) atoms. The summed E-state index contributed by atoms with van der Waals surface area (Å²) in [6.07, 6.45) is 0. The second kappa shape index (κ2) is 7.61. The van der Waals surface area contributed by atoms with E-state index < -0.39 is 4.92 Å². The van der Waals surface area contributed by atoms with Gasteiger partial charge in [0.2, 0.25) is 5.69 Å². The van der Waals surface area contributed by atoms with E-state index >= 15 is 0 Å². The molecule has 8 heteroatoms. The van der Waals surface area contributed by atoms with E-state index in [1.807, 2.05) is 0 Å². The summed E-state index contributed by atoms with van der Waals surface area (Å²) in [5.74, 6) is 1.82. The van der Waals surface area contributed by atoms with Crippen LogP contribution in [0.3, 0.4) is 0 Å². The summed E-state index contributed by atoms with van der Waals surface area (Å²) < 4.78 is 10.6. The molecule has 118 valence electrons. The Labute approximate surface area is 132 Å². The van der Waals surface area contributed by atoms with Crippen LogP contribution in [0, 0.1) is 21.4 Å². The lowest BCUT2D eigenvalue weighted by atomic mass is 10.3. The van der Waals surface area contributed by atoms with Crippen molar-refractivity contribution in [1.82, 2.24) is 4.98 Å². The number of nitrogens with zero attached hydrogens (tertiary/aromatic N) is 3. The van der Waals surface area contributed by atoms with Crippen LogP contribution in [0.15, 0.2) is 36.4 Å². The molecular weight excluding hydrogens is 300 g/mol. The molecule has 0 bridgehead atoms. The van der Waals surface area contributed by atoms with Crippen LogP contribution in [-0.2, 0) is 0 Å². The zero-order chi connectivity index (χ0) is 16.7. The third-order valence-electron chi connectivity index (χ3n) is 2.91. The molecule has 2 aromatic rings. The molecule has 8 nitrogen and oxygen atoms in total. The van der Waals surface area contributed by atoms with E-state index in [0.717, 1.165) is 5.75 Å². The summed E-state index contributed by atoms with van der Waals surface area (Å²) in [6.45, 7) is 0.800. The Kier molecular flexibility index (Phi) is 5.30. The highest BCUT2D eigenvalue weighted by Crippen LogP contribution is 2.18. The summed E-state index contributed by atoms with van der Waals surface area (Å²) in [5, 5.41) is 22.5. The third-order valence-corrected chi connectivity index (χ3v) is 2.91. The van der Waals surface area contributed by atoms with Gasteiger partial charge in [0.05, 0.1) is 18.6 Å². The topological polar surface area (TPSA) is 110 Å². The van der Waals surface area contributed by atoms with Crippen molar-refractivity contribution in [2.24, 2.45) is 0 Å². The second-order valence-corrected chi connectivity index (χ2v) is 4.38. The van der Waals surface area contributed by atoms with Gasteiger partial charge < -0.3 is 14.8 Å². The molecule has 0 radical (unpaired) electrons. The molecule has 0 saturated carbocycles. The first-order chi connectivity index (χ1) is 11.1. The molecule has 1 aromatic heterocycles. The maximum Gasteiger partial charge on any atom is 0.305 e. The van der Waals surface area contributed by atoms with E-state index in [0.29, 0.717) is 24.7 Å². The fourth-order valence-electron chi connectivity index (χ4n) is 1.80. The van der Waals surface area contributed by atoms with Gasteiger partial charge in [0.15, 0.2) is 0 Å². The fraction of sp³-hybridized carbons (Fsp3) is 0.200. The SMILES string of the molecule is COc1ccc(OCCNc2ccc([N+](=O)[O-])c(C#N)n2)cc1. The van der Waals surface area contributed by atoms with Gasteiger partial charge in [0, 0.05) is 6.07 Å². The monoisotopic (exact) mass is 314 g/mol. The van der Waals surface area contributed by atoms with Gasteiger partial charge in [0.1, 0.15) is 30.0 Å². The molecule has 0 fully saturated rings. The van der Waals surface area contributed by atoms with Crippen molar-refractivity contribution in [2.75, 3.05) is 25.6 Å². The van der Waals surface area contributed by atoms with Crippen LogP contribution in [0.2, 0.25) is 0 Å². The first kappa shape index (κ1) is 16.0. The molecule has 0 aliphatic carbocycles. The molecular formula is C15H14N4O4. The number of nitrogens with one attached hydrogen (secondary N) is 1. The van der Waals surface area contributed by atoms with E-state index in [1.165, 1.54) is 12.1 Å². The van der Waals surface area contributed by atoms with Crippen molar-refractivity contribution in [2.45, 2.75) is 0 Å². The Bertz CT molecular complexity index is 725. The zero-order valence-electron chi connectivity index (χ0n) is 12.4. The van der Waals surface area contributed by atoms with Crippen molar-refractivity contribution in [1.29, 1.82) is 5.26 Å². The lowest BCUT2D eigenvalue weighted by Crippen LogP contribution is -2.12. The molecule has 1 N–H and O–H groups in total. The number of aromatic nitrogens is 1. The lowest BCUT2D eigenvalue weighted by molar-refractivity contribution is -0.385. The number of pyridine rings is 1. The molecule has 0 spiro atoms. The summed E-state index contributed by atoms with van der Waals surface area (Å²) >= 11 is 0. The predicted molar refractivity (Wildman–Crippen MR) is 82.6 cm³/mol. The molecule has 1 heterocycles. The lowest BCUT2D eigenvalue weighted by Gasteiger charge is -2.08. The van der Waals surface area contributed by atoms with E-state index in [4.69, 9.17) is 14.7 Å². The van der Waals surface area contributed by atoms with Gasteiger partial charge in [-0.25, -0.2) is 4.98 Å². The Hall–Kier alpha value is -3.34. The second-order valence-electron chi connectivity index (χ2n) is 4.38. The van der Waals surface area contributed by atoms with Gasteiger partial charge in [-0.2, -0.15) is 5.26 Å². The molecule has 0 aliphatic heterocycles. The maximum absolute atomic E-state index is 10.7. The van der Waals surface area contributed by atoms with Crippen LogP contribution in [0.5, 0.6) is 11.5 Å². The van der Waals surface area contributed by atoms with Gasteiger partial charge in [-0.1, -0.05) is 0 Å². The average Bonchev–Trinajstić information content (AvgIpc) is 2.58. The van der Waals surface area contributed by atoms with Crippen molar-refractivity contribution in [3.8, 4) is 17.6 Å². The summed E-state index contributed by atoms with van der Waals surface area (Å²) in [7, 11) is 1.59. The third kappa shape index (κ3) is 4.31. The summed E-state index contributed by atoms with van der Waals surface area (Å²) in [5.41, 5.74) is -0.538. The fourth-order valence-corrected chi connectivity index (χ4v) is 1.80. The number of rotatable bonds is 7. The van der Waals surface area contributed by atoms with Crippen molar-refractivity contribution < 1.29 is 14.4 Å². The van der Waals surface area contributed by atoms with Crippen molar-refractivity contribution >= 4 is 11.5 Å². The number of ether oxygens (including phenoxy) is 2. The largest absolute Gasteiger partial charge is 0.497 e. The summed E-state index contributed by atoms with van der Waals surface area (Å²) in [6, 6.07) is 11.6. The van der Waals surface area contributed by atoms with Crippen LogP contribution in [0.1, 0.15) is 5.69 Å². The number of methoxy groups -OCH3 is 1. The quantitative estimate of drug-likeness (QED) is 0.474. The van der Waals surface area contributed by atoms with Crippen LogP contribution in [-0.4, -0.2) is 30.2 Å². The van der Waals surface area contributed by atoms with Crippen LogP contribution in [0.4, 0.5) is 11.5 Å².